The lowest BCUT2D eigenvalue weighted by Gasteiger charge is -1.93. The number of nitrogens with zero attached hydrogens (tertiary/aromatic N) is 2. The monoisotopic (exact) mass is 266 g/mol. The Morgan fingerprint density at radius 2 is 1.84 bits per heavy atom. The molecule has 0 radical (unpaired) electrons. The quantitative estimate of drug-likeness (QED) is 0.792. The highest BCUT2D eigenvalue weighted by Crippen LogP contribution is 2.11. The van der Waals surface area contributed by atoms with Gasteiger partial charge in [0.15, 0.2) is 11.8 Å². The van der Waals surface area contributed by atoms with Gasteiger partial charge in [-0.2, -0.15) is 0 Å². The Morgan fingerprint density at radius 1 is 1.21 bits per heavy atom. The molecule has 0 aliphatic heterocycles. The molecule has 0 saturated heterocycles. The molecule has 0 fully saturated rings. The molecule has 0 aliphatic carbocycles. The summed E-state index contributed by atoms with van der Waals surface area (Å²) in [5, 5.41) is 0. The number of oxazole rings is 2. The molecule has 2 rings (SSSR count). The second-order valence-corrected chi connectivity index (χ2v) is 4.18. The van der Waals surface area contributed by atoms with Crippen molar-refractivity contribution in [3.05, 3.63) is 35.7 Å². The maximum atomic E-state index is 5.12. The van der Waals surface area contributed by atoms with E-state index in [-0.39, 0.29) is 0 Å². The molecule has 0 aromatic carbocycles. The van der Waals surface area contributed by atoms with Crippen molar-refractivity contribution in [2.24, 2.45) is 0 Å². The minimum absolute atomic E-state index is 0.402. The first-order valence-corrected chi connectivity index (χ1v) is 6.86. The van der Waals surface area contributed by atoms with Gasteiger partial charge in [0.2, 0.25) is 0 Å². The lowest BCUT2D eigenvalue weighted by Crippen LogP contribution is -1.85. The average molecular weight is 266 g/mol. The molecule has 0 saturated carbocycles. The first-order valence-electron chi connectivity index (χ1n) is 6.86. The number of aryl methyl sites for hydroxylation is 3. The van der Waals surface area contributed by atoms with Crippen molar-refractivity contribution >= 4 is 0 Å². The summed E-state index contributed by atoms with van der Waals surface area (Å²) >= 11 is 0. The Balaban J connectivity index is 0.000000303. The first kappa shape index (κ1) is 17.4. The predicted molar refractivity (Wildman–Crippen MR) is 77.3 cm³/mol. The Kier molecular flexibility index (Phi) is 8.58. The molecule has 0 bridgehead atoms. The van der Waals surface area contributed by atoms with E-state index in [1.54, 1.807) is 12.5 Å². The van der Waals surface area contributed by atoms with Crippen molar-refractivity contribution in [2.45, 2.75) is 60.8 Å². The maximum absolute atomic E-state index is 5.12. The van der Waals surface area contributed by atoms with Crippen LogP contribution in [0.1, 0.15) is 63.8 Å². The van der Waals surface area contributed by atoms with Crippen LogP contribution >= 0.6 is 0 Å². The summed E-state index contributed by atoms with van der Waals surface area (Å²) in [6.45, 7) is 13.9. The third kappa shape index (κ3) is 6.79. The zero-order valence-electron chi connectivity index (χ0n) is 13.2. The van der Waals surface area contributed by atoms with E-state index in [1.165, 1.54) is 0 Å². The summed E-state index contributed by atoms with van der Waals surface area (Å²) in [6.07, 6.45) is 4.37. The minimum atomic E-state index is 0.402. The third-order valence-electron chi connectivity index (χ3n) is 2.15. The molecule has 108 valence electrons. The molecule has 0 spiro atoms. The van der Waals surface area contributed by atoms with Gasteiger partial charge in [0.05, 0.1) is 11.9 Å². The molecule has 2 aromatic rings. The lowest BCUT2D eigenvalue weighted by atomic mass is 10.2. The standard InChI is InChI=1S/C7H11NO.C6H9NO.C2H6/c1-5(2)7-8-6(3)4-9-7;1-3-6-4-7-5(2)8-6;1-2/h4-5H,1-3H3;4H,3H2,1-2H3;1-2H3. The summed E-state index contributed by atoms with van der Waals surface area (Å²) in [6, 6.07) is 0. The van der Waals surface area contributed by atoms with Crippen LogP contribution in [-0.2, 0) is 6.42 Å². The zero-order chi connectivity index (χ0) is 14.8. The number of hydrogen-bond donors (Lipinski definition) is 0. The van der Waals surface area contributed by atoms with Crippen molar-refractivity contribution in [1.29, 1.82) is 0 Å². The average Bonchev–Trinajstić information content (AvgIpc) is 3.01. The van der Waals surface area contributed by atoms with Gasteiger partial charge in [-0.1, -0.05) is 34.6 Å². The van der Waals surface area contributed by atoms with E-state index >= 15 is 0 Å². The van der Waals surface area contributed by atoms with E-state index in [1.807, 2.05) is 34.6 Å². The van der Waals surface area contributed by atoms with Crippen LogP contribution in [0.4, 0.5) is 0 Å². The van der Waals surface area contributed by atoms with Crippen molar-refractivity contribution in [1.82, 2.24) is 9.97 Å². The van der Waals surface area contributed by atoms with Crippen molar-refractivity contribution in [3.8, 4) is 0 Å². The fourth-order valence-corrected chi connectivity index (χ4v) is 1.21. The van der Waals surface area contributed by atoms with Gasteiger partial charge in [-0.15, -0.1) is 0 Å². The van der Waals surface area contributed by atoms with Crippen LogP contribution in [0.25, 0.3) is 0 Å². The van der Waals surface area contributed by atoms with Gasteiger partial charge in [0.1, 0.15) is 12.0 Å². The molecular weight excluding hydrogens is 240 g/mol. The van der Waals surface area contributed by atoms with E-state index in [0.717, 1.165) is 29.7 Å². The zero-order valence-corrected chi connectivity index (χ0v) is 13.2. The second-order valence-electron chi connectivity index (χ2n) is 4.18. The van der Waals surface area contributed by atoms with Gasteiger partial charge in [-0.25, -0.2) is 9.97 Å². The summed E-state index contributed by atoms with van der Waals surface area (Å²) < 4.78 is 10.2. The predicted octanol–water partition coefficient (Wildman–Crippen LogP) is 4.68. The fourth-order valence-electron chi connectivity index (χ4n) is 1.21. The van der Waals surface area contributed by atoms with E-state index in [2.05, 4.69) is 23.8 Å². The van der Waals surface area contributed by atoms with E-state index < -0.39 is 0 Å². The van der Waals surface area contributed by atoms with E-state index in [4.69, 9.17) is 8.83 Å². The number of hydrogen-bond acceptors (Lipinski definition) is 4. The maximum Gasteiger partial charge on any atom is 0.196 e. The second kappa shape index (κ2) is 9.36. The van der Waals surface area contributed by atoms with Gasteiger partial charge in [-0.05, 0) is 6.92 Å². The van der Waals surface area contributed by atoms with E-state index in [0.29, 0.717) is 5.92 Å². The molecule has 4 nitrogen and oxygen atoms in total. The van der Waals surface area contributed by atoms with E-state index in [9.17, 15) is 0 Å². The van der Waals surface area contributed by atoms with Gasteiger partial charge in [-0.3, -0.25) is 0 Å². The summed E-state index contributed by atoms with van der Waals surface area (Å²) in [4.78, 5) is 8.06. The first-order chi connectivity index (χ1) is 9.02. The Hall–Kier alpha value is -1.58. The highest BCUT2D eigenvalue weighted by Gasteiger charge is 2.03. The molecule has 0 unspecified atom stereocenters. The van der Waals surface area contributed by atoms with Crippen LogP contribution in [0.2, 0.25) is 0 Å². The Labute approximate surface area is 116 Å². The number of rotatable bonds is 2. The summed E-state index contributed by atoms with van der Waals surface area (Å²) in [5.41, 5.74) is 0.957. The smallest absolute Gasteiger partial charge is 0.196 e. The largest absolute Gasteiger partial charge is 0.448 e. The SMILES string of the molecule is CC.CCc1cnc(C)o1.Cc1coc(C(C)C)n1. The summed E-state index contributed by atoms with van der Waals surface area (Å²) in [7, 11) is 0. The Morgan fingerprint density at radius 3 is 2.05 bits per heavy atom. The van der Waals surface area contributed by atoms with Crippen LogP contribution in [0.3, 0.4) is 0 Å². The van der Waals surface area contributed by atoms with Crippen LogP contribution in [0.5, 0.6) is 0 Å². The van der Waals surface area contributed by atoms with Crippen LogP contribution in [-0.4, -0.2) is 9.97 Å². The fraction of sp³-hybridized carbons (Fsp3) is 0.600. The molecule has 0 amide bonds. The topological polar surface area (TPSA) is 52.1 Å². The molecule has 4 heteroatoms. The molecular formula is C15H26N2O2. The third-order valence-corrected chi connectivity index (χ3v) is 2.15. The molecule has 2 heterocycles. The highest BCUT2D eigenvalue weighted by atomic mass is 16.4. The minimum Gasteiger partial charge on any atom is -0.448 e. The Bertz CT molecular complexity index is 444. The van der Waals surface area contributed by atoms with Crippen LogP contribution < -0.4 is 0 Å². The van der Waals surface area contributed by atoms with Gasteiger partial charge >= 0.3 is 0 Å². The van der Waals surface area contributed by atoms with Crippen molar-refractivity contribution in [2.75, 3.05) is 0 Å². The summed E-state index contributed by atoms with van der Waals surface area (Å²) in [5.74, 6) is 2.94. The van der Waals surface area contributed by atoms with Gasteiger partial charge in [0.25, 0.3) is 0 Å². The van der Waals surface area contributed by atoms with Crippen LogP contribution in [0.15, 0.2) is 21.3 Å². The molecule has 0 N–H and O–H groups in total. The molecule has 19 heavy (non-hydrogen) atoms. The van der Waals surface area contributed by atoms with Gasteiger partial charge < -0.3 is 8.83 Å². The molecule has 2 aromatic heterocycles. The number of aromatic nitrogens is 2. The highest BCUT2D eigenvalue weighted by molar-refractivity contribution is 4.95. The molecule has 0 atom stereocenters. The lowest BCUT2D eigenvalue weighted by molar-refractivity contribution is 0.471. The van der Waals surface area contributed by atoms with Crippen molar-refractivity contribution in [3.63, 3.8) is 0 Å². The molecule has 0 aliphatic rings. The normalized spacial score (nSPS) is 9.47. The van der Waals surface area contributed by atoms with Crippen LogP contribution in [0, 0.1) is 13.8 Å². The van der Waals surface area contributed by atoms with Gasteiger partial charge in [0, 0.05) is 19.3 Å². The van der Waals surface area contributed by atoms with Crippen molar-refractivity contribution < 1.29 is 8.83 Å².